The summed E-state index contributed by atoms with van der Waals surface area (Å²) in [7, 11) is 0. The van der Waals surface area contributed by atoms with E-state index < -0.39 is 0 Å². The van der Waals surface area contributed by atoms with Crippen LogP contribution in [0, 0.1) is 19.7 Å². The highest BCUT2D eigenvalue weighted by molar-refractivity contribution is 5.83. The second kappa shape index (κ2) is 8.78. The van der Waals surface area contributed by atoms with Crippen LogP contribution in [0.25, 0.3) is 16.7 Å². The maximum Gasteiger partial charge on any atom is 0.263 e. The van der Waals surface area contributed by atoms with Gasteiger partial charge in [-0.15, -0.1) is 0 Å². The average molecular weight is 432 g/mol. The molecule has 0 saturated carbocycles. The van der Waals surface area contributed by atoms with Crippen LogP contribution in [0.15, 0.2) is 65.7 Å². The van der Waals surface area contributed by atoms with Crippen molar-refractivity contribution >= 4 is 16.9 Å². The Morgan fingerprint density at radius 3 is 2.59 bits per heavy atom. The summed E-state index contributed by atoms with van der Waals surface area (Å²) in [6.07, 6.45) is 1.61. The number of rotatable bonds is 6. The van der Waals surface area contributed by atoms with Crippen molar-refractivity contribution < 1.29 is 9.18 Å². The normalized spacial score (nSPS) is 12.1. The second-order valence-electron chi connectivity index (χ2n) is 7.92. The zero-order valence-corrected chi connectivity index (χ0v) is 18.3. The zero-order chi connectivity index (χ0) is 22.8. The summed E-state index contributed by atoms with van der Waals surface area (Å²) in [4.78, 5) is 30.1. The fourth-order valence-corrected chi connectivity index (χ4v) is 3.94. The van der Waals surface area contributed by atoms with E-state index in [2.05, 4.69) is 10.3 Å². The minimum Gasteiger partial charge on any atom is -0.350 e. The molecule has 0 aliphatic heterocycles. The molecule has 0 saturated heterocycles. The standard InChI is InChI=1S/C25H25FN4O2/c1-16-18(3)30(21-11-7-10-20(26)14-21)24-23(16)25(32)29(15-27-24)13-12-22(31)28-17(2)19-8-5-4-6-9-19/h4-11,14-15,17H,12-13H2,1-3H3,(H,28,31)/t17-/m1/s1. The van der Waals surface area contributed by atoms with Gasteiger partial charge in [0, 0.05) is 18.7 Å². The minimum atomic E-state index is -0.356. The Hall–Kier alpha value is -3.74. The molecular weight excluding hydrogens is 407 g/mol. The number of aromatic nitrogens is 3. The number of halogens is 1. The Morgan fingerprint density at radius 2 is 1.88 bits per heavy atom. The molecule has 0 aliphatic carbocycles. The first-order valence-electron chi connectivity index (χ1n) is 10.5. The molecule has 4 rings (SSSR count). The highest BCUT2D eigenvalue weighted by atomic mass is 19.1. The molecule has 2 aromatic heterocycles. The van der Waals surface area contributed by atoms with E-state index in [-0.39, 0.29) is 36.3 Å². The molecule has 1 N–H and O–H groups in total. The molecule has 32 heavy (non-hydrogen) atoms. The maximum atomic E-state index is 13.8. The number of aryl methyl sites for hydroxylation is 2. The summed E-state index contributed by atoms with van der Waals surface area (Å²) >= 11 is 0. The molecule has 7 heteroatoms. The van der Waals surface area contributed by atoms with Gasteiger partial charge in [0.05, 0.1) is 23.4 Å². The second-order valence-corrected chi connectivity index (χ2v) is 7.92. The molecule has 6 nitrogen and oxygen atoms in total. The zero-order valence-electron chi connectivity index (χ0n) is 18.3. The van der Waals surface area contributed by atoms with Crippen LogP contribution in [0.4, 0.5) is 4.39 Å². The molecule has 164 valence electrons. The summed E-state index contributed by atoms with van der Waals surface area (Å²) < 4.78 is 17.0. The van der Waals surface area contributed by atoms with Crippen molar-refractivity contribution in [2.24, 2.45) is 0 Å². The number of nitrogens with zero attached hydrogens (tertiary/aromatic N) is 3. The van der Waals surface area contributed by atoms with Crippen molar-refractivity contribution in [3.63, 3.8) is 0 Å². The van der Waals surface area contributed by atoms with E-state index in [9.17, 15) is 14.0 Å². The molecule has 0 unspecified atom stereocenters. The van der Waals surface area contributed by atoms with Gasteiger partial charge in [-0.1, -0.05) is 36.4 Å². The highest BCUT2D eigenvalue weighted by Crippen LogP contribution is 2.25. The summed E-state index contributed by atoms with van der Waals surface area (Å²) in [5.41, 5.74) is 3.51. The summed E-state index contributed by atoms with van der Waals surface area (Å²) in [6, 6.07) is 15.8. The van der Waals surface area contributed by atoms with E-state index >= 15 is 0 Å². The lowest BCUT2D eigenvalue weighted by molar-refractivity contribution is -0.121. The number of amides is 1. The molecule has 1 atom stereocenters. The van der Waals surface area contributed by atoms with Gasteiger partial charge in [-0.3, -0.25) is 18.7 Å². The van der Waals surface area contributed by atoms with Crippen LogP contribution in [0.5, 0.6) is 0 Å². The first-order chi connectivity index (χ1) is 15.4. The largest absolute Gasteiger partial charge is 0.350 e. The fourth-order valence-electron chi connectivity index (χ4n) is 3.94. The predicted molar refractivity (Wildman–Crippen MR) is 122 cm³/mol. The van der Waals surface area contributed by atoms with E-state index in [1.54, 1.807) is 16.7 Å². The molecule has 0 spiro atoms. The van der Waals surface area contributed by atoms with Gasteiger partial charge in [-0.25, -0.2) is 9.37 Å². The van der Waals surface area contributed by atoms with Gasteiger partial charge < -0.3 is 5.32 Å². The van der Waals surface area contributed by atoms with Crippen molar-refractivity contribution in [3.8, 4) is 5.69 Å². The molecular formula is C25H25FN4O2. The van der Waals surface area contributed by atoms with Crippen LogP contribution < -0.4 is 10.9 Å². The van der Waals surface area contributed by atoms with Crippen LogP contribution in [-0.4, -0.2) is 20.0 Å². The third-order valence-electron chi connectivity index (χ3n) is 5.81. The van der Waals surface area contributed by atoms with Crippen LogP contribution in [-0.2, 0) is 11.3 Å². The first-order valence-corrected chi connectivity index (χ1v) is 10.5. The number of benzene rings is 2. The topological polar surface area (TPSA) is 68.9 Å². The summed E-state index contributed by atoms with van der Waals surface area (Å²) in [5.74, 6) is -0.496. The van der Waals surface area contributed by atoms with E-state index in [1.807, 2.05) is 51.1 Å². The number of fused-ring (bicyclic) bond motifs is 1. The van der Waals surface area contributed by atoms with E-state index in [1.165, 1.54) is 23.0 Å². The monoisotopic (exact) mass is 432 g/mol. The van der Waals surface area contributed by atoms with Gasteiger partial charge in [0.25, 0.3) is 5.56 Å². The van der Waals surface area contributed by atoms with Crippen molar-refractivity contribution in [3.05, 3.63) is 93.9 Å². The number of carbonyl (C=O) groups is 1. The third kappa shape index (κ3) is 4.06. The number of nitrogens with one attached hydrogen (secondary N) is 1. The Kier molecular flexibility index (Phi) is 5.90. The van der Waals surface area contributed by atoms with Crippen molar-refractivity contribution in [2.75, 3.05) is 0 Å². The summed E-state index contributed by atoms with van der Waals surface area (Å²) in [6.45, 7) is 5.88. The van der Waals surface area contributed by atoms with Gasteiger partial charge in [-0.05, 0) is 50.1 Å². The first kappa shape index (κ1) is 21.5. The lowest BCUT2D eigenvalue weighted by Gasteiger charge is -2.14. The Labute approximate surface area is 185 Å². The van der Waals surface area contributed by atoms with E-state index in [0.717, 1.165) is 16.8 Å². The van der Waals surface area contributed by atoms with Gasteiger partial charge in [-0.2, -0.15) is 0 Å². The minimum absolute atomic E-state index is 0.119. The van der Waals surface area contributed by atoms with Crippen molar-refractivity contribution in [1.29, 1.82) is 0 Å². The highest BCUT2D eigenvalue weighted by Gasteiger charge is 2.18. The Balaban J connectivity index is 1.57. The molecule has 0 fully saturated rings. The maximum absolute atomic E-state index is 13.8. The quantitative estimate of drug-likeness (QED) is 0.496. The van der Waals surface area contributed by atoms with E-state index in [0.29, 0.717) is 16.7 Å². The van der Waals surface area contributed by atoms with Crippen LogP contribution in [0.1, 0.15) is 36.2 Å². The Morgan fingerprint density at radius 1 is 1.12 bits per heavy atom. The van der Waals surface area contributed by atoms with Gasteiger partial charge in [0.15, 0.2) is 5.65 Å². The fraction of sp³-hybridized carbons (Fsp3) is 0.240. The van der Waals surface area contributed by atoms with E-state index in [4.69, 9.17) is 0 Å². The van der Waals surface area contributed by atoms with Crippen molar-refractivity contribution in [1.82, 2.24) is 19.4 Å². The average Bonchev–Trinajstić information content (AvgIpc) is 3.04. The Bertz CT molecular complexity index is 1340. The van der Waals surface area contributed by atoms with Gasteiger partial charge in [0.2, 0.25) is 5.91 Å². The molecule has 2 heterocycles. The smallest absolute Gasteiger partial charge is 0.263 e. The number of carbonyl (C=O) groups excluding carboxylic acids is 1. The predicted octanol–water partition coefficient (Wildman–Crippen LogP) is 4.21. The van der Waals surface area contributed by atoms with Crippen LogP contribution in [0.2, 0.25) is 0 Å². The molecule has 2 aromatic carbocycles. The molecule has 0 aliphatic rings. The lowest BCUT2D eigenvalue weighted by Crippen LogP contribution is -2.29. The number of hydrogen-bond acceptors (Lipinski definition) is 3. The SMILES string of the molecule is Cc1c(C)n(-c2cccc(F)c2)c2ncn(CCC(=O)N[C@H](C)c3ccccc3)c(=O)c12. The van der Waals surface area contributed by atoms with Crippen molar-refractivity contribution in [2.45, 2.75) is 39.8 Å². The van der Waals surface area contributed by atoms with Crippen LogP contribution in [0.3, 0.4) is 0 Å². The molecule has 0 radical (unpaired) electrons. The van der Waals surface area contributed by atoms with Gasteiger partial charge in [0.1, 0.15) is 5.82 Å². The number of hydrogen-bond donors (Lipinski definition) is 1. The third-order valence-corrected chi connectivity index (χ3v) is 5.81. The molecule has 0 bridgehead atoms. The van der Waals surface area contributed by atoms with Crippen LogP contribution >= 0.6 is 0 Å². The summed E-state index contributed by atoms with van der Waals surface area (Å²) in [5, 5.41) is 3.44. The lowest BCUT2D eigenvalue weighted by atomic mass is 10.1. The molecule has 1 amide bonds. The van der Waals surface area contributed by atoms with Gasteiger partial charge >= 0.3 is 0 Å². The molecule has 4 aromatic rings.